The summed E-state index contributed by atoms with van der Waals surface area (Å²) in [6, 6.07) is 0. The molecule has 1 saturated heterocycles. The molecule has 2 amide bonds. The van der Waals surface area contributed by atoms with Crippen molar-refractivity contribution in [1.82, 2.24) is 4.90 Å². The van der Waals surface area contributed by atoms with Crippen LogP contribution in [0.25, 0.3) is 0 Å². The molecular formula is C11H17NO2. The van der Waals surface area contributed by atoms with Crippen molar-refractivity contribution in [2.45, 2.75) is 27.2 Å². The summed E-state index contributed by atoms with van der Waals surface area (Å²) >= 11 is 0. The van der Waals surface area contributed by atoms with Gasteiger partial charge in [-0.25, -0.2) is 0 Å². The van der Waals surface area contributed by atoms with Crippen LogP contribution in [0.3, 0.4) is 0 Å². The lowest BCUT2D eigenvalue weighted by molar-refractivity contribution is -0.138. The molecule has 1 rings (SSSR count). The summed E-state index contributed by atoms with van der Waals surface area (Å²) in [5, 5.41) is 0. The van der Waals surface area contributed by atoms with Gasteiger partial charge in [-0.3, -0.25) is 14.5 Å². The Hall–Kier alpha value is -1.12. The highest BCUT2D eigenvalue weighted by molar-refractivity contribution is 6.01. The van der Waals surface area contributed by atoms with E-state index in [0.29, 0.717) is 13.0 Å². The first-order valence-electron chi connectivity index (χ1n) is 4.83. The Labute approximate surface area is 84.8 Å². The van der Waals surface area contributed by atoms with E-state index < -0.39 is 0 Å². The van der Waals surface area contributed by atoms with Gasteiger partial charge in [0.1, 0.15) is 0 Å². The van der Waals surface area contributed by atoms with Gasteiger partial charge in [-0.2, -0.15) is 0 Å². The average Bonchev–Trinajstić information content (AvgIpc) is 2.45. The van der Waals surface area contributed by atoms with Gasteiger partial charge in [0, 0.05) is 13.0 Å². The largest absolute Gasteiger partial charge is 0.279 e. The number of likely N-dealkylation sites (tertiary alicyclic amines) is 1. The van der Waals surface area contributed by atoms with Crippen molar-refractivity contribution in [3.63, 3.8) is 0 Å². The second-order valence-corrected chi connectivity index (χ2v) is 4.81. The van der Waals surface area contributed by atoms with Crippen LogP contribution in [-0.2, 0) is 9.59 Å². The van der Waals surface area contributed by atoms with Crippen LogP contribution < -0.4 is 0 Å². The lowest BCUT2D eigenvalue weighted by atomic mass is 9.80. The highest BCUT2D eigenvalue weighted by Gasteiger charge is 2.38. The topological polar surface area (TPSA) is 37.4 Å². The highest BCUT2D eigenvalue weighted by Crippen LogP contribution is 2.34. The van der Waals surface area contributed by atoms with Crippen LogP contribution >= 0.6 is 0 Å². The number of rotatable bonds is 1. The fourth-order valence-corrected chi connectivity index (χ4v) is 1.61. The zero-order valence-corrected chi connectivity index (χ0v) is 9.04. The summed E-state index contributed by atoms with van der Waals surface area (Å²) in [7, 11) is 0. The molecule has 1 atom stereocenters. The number of imide groups is 1. The maximum atomic E-state index is 11.5. The molecule has 0 N–H and O–H groups in total. The Morgan fingerprint density at radius 1 is 1.57 bits per heavy atom. The van der Waals surface area contributed by atoms with Crippen molar-refractivity contribution in [2.75, 3.05) is 6.54 Å². The van der Waals surface area contributed by atoms with Crippen molar-refractivity contribution >= 4 is 11.8 Å². The highest BCUT2D eigenvalue weighted by atomic mass is 16.2. The van der Waals surface area contributed by atoms with E-state index >= 15 is 0 Å². The summed E-state index contributed by atoms with van der Waals surface area (Å²) in [6.07, 6.45) is 1.67. The van der Waals surface area contributed by atoms with E-state index in [4.69, 9.17) is 0 Å². The molecule has 1 aliphatic heterocycles. The first-order chi connectivity index (χ1) is 6.36. The first kappa shape index (κ1) is 11.0. The number of nitrogens with zero attached hydrogens (tertiary/aromatic N) is 1. The van der Waals surface area contributed by atoms with Crippen LogP contribution in [0.1, 0.15) is 27.2 Å². The van der Waals surface area contributed by atoms with E-state index in [0.717, 1.165) is 0 Å². The van der Waals surface area contributed by atoms with Gasteiger partial charge in [0.2, 0.25) is 5.91 Å². The second kappa shape index (κ2) is 3.56. The van der Waals surface area contributed by atoms with Gasteiger partial charge in [0.05, 0.1) is 0 Å². The molecule has 0 aromatic rings. The summed E-state index contributed by atoms with van der Waals surface area (Å²) in [5.41, 5.74) is 0.0753. The third-order valence-corrected chi connectivity index (χ3v) is 2.79. The van der Waals surface area contributed by atoms with Crippen LogP contribution in [0.5, 0.6) is 0 Å². The zero-order valence-electron chi connectivity index (χ0n) is 9.04. The third kappa shape index (κ3) is 2.03. The third-order valence-electron chi connectivity index (χ3n) is 2.79. The molecule has 0 radical (unpaired) electrons. The van der Waals surface area contributed by atoms with E-state index in [2.05, 4.69) is 27.4 Å². The van der Waals surface area contributed by atoms with Crippen LogP contribution in [-0.4, -0.2) is 23.3 Å². The molecule has 0 aromatic carbocycles. The maximum absolute atomic E-state index is 11.5. The van der Waals surface area contributed by atoms with Gasteiger partial charge in [-0.15, -0.1) is 0 Å². The molecule has 1 unspecified atom stereocenters. The molecule has 1 aliphatic rings. The molecule has 0 saturated carbocycles. The van der Waals surface area contributed by atoms with Gasteiger partial charge in [-0.1, -0.05) is 27.4 Å². The second-order valence-electron chi connectivity index (χ2n) is 4.81. The van der Waals surface area contributed by atoms with Gasteiger partial charge < -0.3 is 0 Å². The normalized spacial score (nSPS) is 22.6. The Kier molecular flexibility index (Phi) is 2.79. The van der Waals surface area contributed by atoms with Crippen LogP contribution in [0.15, 0.2) is 12.7 Å². The minimum Gasteiger partial charge on any atom is -0.279 e. The van der Waals surface area contributed by atoms with E-state index in [1.54, 1.807) is 0 Å². The van der Waals surface area contributed by atoms with Crippen molar-refractivity contribution in [2.24, 2.45) is 11.3 Å². The molecule has 0 spiro atoms. The Bertz CT molecular complexity index is 276. The van der Waals surface area contributed by atoms with E-state index in [9.17, 15) is 9.59 Å². The smallest absolute Gasteiger partial charge is 0.252 e. The molecule has 3 heteroatoms. The predicted molar refractivity (Wildman–Crippen MR) is 54.5 cm³/mol. The van der Waals surface area contributed by atoms with Gasteiger partial charge >= 0.3 is 0 Å². The standard InChI is InChI=1S/C11H17NO2/c1-5-9(13)12-7-8(6-10(12)14)11(2,3)4/h5,8H,1,6-7H2,2-4H3. The number of hydrogen-bond donors (Lipinski definition) is 0. The van der Waals surface area contributed by atoms with Gasteiger partial charge in [-0.05, 0) is 17.4 Å². The number of carbonyl (C=O) groups is 2. The van der Waals surface area contributed by atoms with Gasteiger partial charge in [0.25, 0.3) is 5.91 Å². The molecule has 0 aromatic heterocycles. The fourth-order valence-electron chi connectivity index (χ4n) is 1.61. The van der Waals surface area contributed by atoms with Gasteiger partial charge in [0.15, 0.2) is 0 Å². The molecule has 3 nitrogen and oxygen atoms in total. The molecular weight excluding hydrogens is 178 g/mol. The molecule has 1 heterocycles. The fraction of sp³-hybridized carbons (Fsp3) is 0.636. The van der Waals surface area contributed by atoms with Crippen LogP contribution in [0, 0.1) is 11.3 Å². The molecule has 0 bridgehead atoms. The van der Waals surface area contributed by atoms with Crippen molar-refractivity contribution in [3.05, 3.63) is 12.7 Å². The Morgan fingerprint density at radius 2 is 2.14 bits per heavy atom. The van der Waals surface area contributed by atoms with Crippen LogP contribution in [0.4, 0.5) is 0 Å². The zero-order chi connectivity index (χ0) is 10.9. The summed E-state index contributed by atoms with van der Waals surface area (Å²) in [5.74, 6) is -0.0875. The number of amides is 2. The summed E-state index contributed by atoms with van der Waals surface area (Å²) in [4.78, 5) is 24.1. The summed E-state index contributed by atoms with van der Waals surface area (Å²) in [6.45, 7) is 10.2. The summed E-state index contributed by atoms with van der Waals surface area (Å²) < 4.78 is 0. The maximum Gasteiger partial charge on any atom is 0.252 e. The SMILES string of the molecule is C=CC(=O)N1CC(C(C)(C)C)CC1=O. The van der Waals surface area contributed by atoms with E-state index in [1.165, 1.54) is 11.0 Å². The molecule has 0 aliphatic carbocycles. The first-order valence-corrected chi connectivity index (χ1v) is 4.83. The quantitative estimate of drug-likeness (QED) is 0.596. The van der Waals surface area contributed by atoms with E-state index in [1.807, 2.05) is 0 Å². The monoisotopic (exact) mass is 195 g/mol. The minimum atomic E-state index is -0.276. The lowest BCUT2D eigenvalue weighted by Crippen LogP contribution is -2.32. The Balaban J connectivity index is 2.74. The van der Waals surface area contributed by atoms with Crippen molar-refractivity contribution in [1.29, 1.82) is 0 Å². The molecule has 14 heavy (non-hydrogen) atoms. The van der Waals surface area contributed by atoms with E-state index in [-0.39, 0.29) is 23.1 Å². The molecule has 1 fully saturated rings. The number of carbonyl (C=O) groups excluding carboxylic acids is 2. The molecule has 78 valence electrons. The Morgan fingerprint density at radius 3 is 2.50 bits per heavy atom. The van der Waals surface area contributed by atoms with Crippen molar-refractivity contribution < 1.29 is 9.59 Å². The van der Waals surface area contributed by atoms with Crippen molar-refractivity contribution in [3.8, 4) is 0 Å². The number of hydrogen-bond acceptors (Lipinski definition) is 2. The minimum absolute atomic E-state index is 0.0742. The average molecular weight is 195 g/mol. The predicted octanol–water partition coefficient (Wildman–Crippen LogP) is 1.59. The van der Waals surface area contributed by atoms with Crippen LogP contribution in [0.2, 0.25) is 0 Å². The lowest BCUT2D eigenvalue weighted by Gasteiger charge is -2.25.